The molecule has 0 bridgehead atoms. The Hall–Kier alpha value is -2.59. The highest BCUT2D eigenvalue weighted by atomic mass is 35.5. The number of hydrogen-bond donors (Lipinski definition) is 2. The van der Waals surface area contributed by atoms with E-state index in [9.17, 15) is 23.9 Å². The fraction of sp³-hybridized carbons (Fsp3) is 0.0500. The van der Waals surface area contributed by atoms with E-state index in [1.54, 1.807) is 18.2 Å². The Balaban J connectivity index is 1.80. The lowest BCUT2D eigenvalue weighted by molar-refractivity contribution is 0.0704. The molecule has 158 valence electrons. The van der Waals surface area contributed by atoms with Gasteiger partial charge >= 0.3 is 11.7 Å². The molecule has 0 saturated heterocycles. The number of aromatic nitrogens is 2. The van der Waals surface area contributed by atoms with Crippen molar-refractivity contribution in [1.82, 2.24) is 9.55 Å². The number of benzene rings is 2. The Labute approximate surface area is 191 Å². The molecule has 4 rings (SSSR count). The van der Waals surface area contributed by atoms with Crippen LogP contribution in [0.3, 0.4) is 0 Å². The van der Waals surface area contributed by atoms with Gasteiger partial charge in [-0.15, -0.1) is 23.1 Å². The molecule has 2 aromatic carbocycles. The number of nitrogens with one attached hydrogen (secondary N) is 1. The number of fused-ring (bicyclic) bond motifs is 1. The smallest absolute Gasteiger partial charge is 0.346 e. The number of carbonyl (C=O) groups is 1. The molecule has 0 aliphatic rings. The number of carboxylic acids is 1. The largest absolute Gasteiger partial charge is 0.477 e. The topological polar surface area (TPSA) is 92.2 Å². The number of rotatable bonds is 5. The minimum Gasteiger partial charge on any atom is -0.477 e. The second-order valence-electron chi connectivity index (χ2n) is 6.33. The molecule has 6 nitrogen and oxygen atoms in total. The first-order chi connectivity index (χ1) is 14.8. The van der Waals surface area contributed by atoms with Gasteiger partial charge in [0.1, 0.15) is 10.7 Å². The molecular formula is C20H11Cl2FN2O4S2. The fourth-order valence-electron chi connectivity index (χ4n) is 2.99. The van der Waals surface area contributed by atoms with Gasteiger partial charge in [0.05, 0.1) is 16.6 Å². The molecule has 0 amide bonds. The summed E-state index contributed by atoms with van der Waals surface area (Å²) in [4.78, 5) is 39.7. The summed E-state index contributed by atoms with van der Waals surface area (Å²) in [5.74, 6) is -1.74. The lowest BCUT2D eigenvalue weighted by Crippen LogP contribution is -2.34. The number of hydrogen-bond acceptors (Lipinski definition) is 5. The predicted molar refractivity (Wildman–Crippen MR) is 121 cm³/mol. The Morgan fingerprint density at radius 2 is 1.90 bits per heavy atom. The number of H-pyrrole nitrogens is 1. The lowest BCUT2D eigenvalue weighted by atomic mass is 10.2. The third-order valence-electron chi connectivity index (χ3n) is 4.45. The zero-order valence-corrected chi connectivity index (χ0v) is 18.5. The zero-order valence-electron chi connectivity index (χ0n) is 15.3. The molecule has 2 aromatic heterocycles. The summed E-state index contributed by atoms with van der Waals surface area (Å²) in [5.41, 5.74) is -1.28. The molecule has 0 spiro atoms. The van der Waals surface area contributed by atoms with Gasteiger partial charge in [-0.05, 0) is 35.9 Å². The van der Waals surface area contributed by atoms with E-state index in [1.807, 2.05) is 0 Å². The second-order valence-corrected chi connectivity index (χ2v) is 9.07. The molecule has 2 heterocycles. The first-order valence-electron chi connectivity index (χ1n) is 8.63. The highest BCUT2D eigenvalue weighted by Gasteiger charge is 2.20. The summed E-state index contributed by atoms with van der Waals surface area (Å²) in [6.45, 7) is 0. The van der Waals surface area contributed by atoms with Crippen molar-refractivity contribution >= 4 is 63.2 Å². The van der Waals surface area contributed by atoms with E-state index < -0.39 is 23.0 Å². The summed E-state index contributed by atoms with van der Waals surface area (Å²) in [6, 6.07) is 9.11. The highest BCUT2D eigenvalue weighted by Crippen LogP contribution is 2.32. The maximum atomic E-state index is 14.6. The van der Waals surface area contributed by atoms with Crippen LogP contribution in [0.2, 0.25) is 10.0 Å². The van der Waals surface area contributed by atoms with Crippen molar-refractivity contribution in [3.8, 4) is 5.69 Å². The van der Waals surface area contributed by atoms with Crippen molar-refractivity contribution in [3.05, 3.63) is 88.9 Å². The Morgan fingerprint density at radius 3 is 2.58 bits per heavy atom. The number of thiophene rings is 1. The first-order valence-corrected chi connectivity index (χ1v) is 11.3. The van der Waals surface area contributed by atoms with E-state index in [2.05, 4.69) is 4.98 Å². The van der Waals surface area contributed by atoms with Crippen LogP contribution >= 0.6 is 46.3 Å². The van der Waals surface area contributed by atoms with E-state index in [1.165, 1.54) is 29.3 Å². The molecule has 0 saturated carbocycles. The van der Waals surface area contributed by atoms with Gasteiger partial charge in [-0.2, -0.15) is 0 Å². The summed E-state index contributed by atoms with van der Waals surface area (Å²) in [7, 11) is 0. The van der Waals surface area contributed by atoms with Gasteiger partial charge in [-0.1, -0.05) is 29.3 Å². The number of nitrogens with zero attached hydrogens (tertiary/aromatic N) is 1. The number of aromatic carboxylic acids is 1. The SMILES string of the molecule is O=C(O)c1scc2[nH]c(=O)n(-c3cc(SCc4c(Cl)cccc4Cl)ccc3F)c(=O)c12. The summed E-state index contributed by atoms with van der Waals surface area (Å²) >= 11 is 14.5. The normalized spacial score (nSPS) is 11.2. The molecule has 0 atom stereocenters. The lowest BCUT2D eigenvalue weighted by Gasteiger charge is -2.10. The van der Waals surface area contributed by atoms with E-state index >= 15 is 0 Å². The van der Waals surface area contributed by atoms with Crippen LogP contribution in [0.25, 0.3) is 16.6 Å². The third-order valence-corrected chi connectivity index (χ3v) is 7.15. The standard InChI is InChI=1S/C20H11Cl2FN2O4S2/c21-11-2-1-3-12(22)10(11)7-30-9-4-5-13(23)15(6-9)25-18(26)16-14(24-20(25)29)8-31-17(16)19(27)28/h1-6,8H,7H2,(H,24,29)(H,27,28). The summed E-state index contributed by atoms with van der Waals surface area (Å²) in [5, 5.41) is 11.5. The van der Waals surface area contributed by atoms with Gasteiger partial charge in [0, 0.05) is 26.1 Å². The Bertz CT molecular complexity index is 1440. The van der Waals surface area contributed by atoms with Gasteiger partial charge in [-0.3, -0.25) is 4.79 Å². The molecule has 0 radical (unpaired) electrons. The molecule has 0 fully saturated rings. The monoisotopic (exact) mass is 496 g/mol. The molecule has 0 aliphatic carbocycles. The predicted octanol–water partition coefficient (Wildman–Crippen LogP) is 5.18. The van der Waals surface area contributed by atoms with Gasteiger partial charge in [0.25, 0.3) is 5.56 Å². The molecule has 2 N–H and O–H groups in total. The molecule has 31 heavy (non-hydrogen) atoms. The van der Waals surface area contributed by atoms with Crippen molar-refractivity contribution in [3.63, 3.8) is 0 Å². The van der Waals surface area contributed by atoms with Gasteiger partial charge in [-0.25, -0.2) is 18.5 Å². The molecule has 11 heteroatoms. The second kappa shape index (κ2) is 8.51. The average Bonchev–Trinajstić information content (AvgIpc) is 3.14. The molecule has 4 aromatic rings. The fourth-order valence-corrected chi connectivity index (χ4v) is 5.49. The average molecular weight is 497 g/mol. The zero-order chi connectivity index (χ0) is 22.3. The minimum atomic E-state index is -1.31. The van der Waals surface area contributed by atoms with Crippen molar-refractivity contribution in [1.29, 1.82) is 0 Å². The van der Waals surface area contributed by atoms with Crippen LogP contribution in [-0.4, -0.2) is 20.6 Å². The van der Waals surface area contributed by atoms with E-state index in [0.717, 1.165) is 17.4 Å². The molecular weight excluding hydrogens is 486 g/mol. The van der Waals surface area contributed by atoms with Gasteiger partial charge in [0.15, 0.2) is 0 Å². The Kier molecular flexibility index (Phi) is 5.94. The van der Waals surface area contributed by atoms with E-state index in [4.69, 9.17) is 23.2 Å². The highest BCUT2D eigenvalue weighted by molar-refractivity contribution is 7.98. The van der Waals surface area contributed by atoms with Crippen LogP contribution < -0.4 is 11.2 Å². The maximum absolute atomic E-state index is 14.6. The van der Waals surface area contributed by atoms with Gasteiger partial charge in [0.2, 0.25) is 0 Å². The van der Waals surface area contributed by atoms with Crippen LogP contribution in [-0.2, 0) is 5.75 Å². The number of thioether (sulfide) groups is 1. The van der Waals surface area contributed by atoms with E-state index in [0.29, 0.717) is 30.8 Å². The van der Waals surface area contributed by atoms with Crippen molar-refractivity contribution < 1.29 is 14.3 Å². The first kappa shape index (κ1) is 21.6. The van der Waals surface area contributed by atoms with Crippen LogP contribution in [0.1, 0.15) is 15.2 Å². The summed E-state index contributed by atoms with van der Waals surface area (Å²) in [6.07, 6.45) is 0. The molecule has 0 aliphatic heterocycles. The molecule has 0 unspecified atom stereocenters. The Morgan fingerprint density at radius 1 is 1.19 bits per heavy atom. The maximum Gasteiger partial charge on any atom is 0.346 e. The van der Waals surface area contributed by atoms with Crippen LogP contribution in [0.4, 0.5) is 4.39 Å². The number of carboxylic acid groups (broad SMARTS) is 1. The summed E-state index contributed by atoms with van der Waals surface area (Å²) < 4.78 is 15.2. The van der Waals surface area contributed by atoms with Crippen molar-refractivity contribution in [2.24, 2.45) is 0 Å². The van der Waals surface area contributed by atoms with Gasteiger partial charge < -0.3 is 10.1 Å². The van der Waals surface area contributed by atoms with Crippen LogP contribution in [0, 0.1) is 5.82 Å². The number of halogens is 3. The van der Waals surface area contributed by atoms with Crippen molar-refractivity contribution in [2.75, 3.05) is 0 Å². The van der Waals surface area contributed by atoms with Crippen LogP contribution in [0.15, 0.2) is 56.3 Å². The minimum absolute atomic E-state index is 0.0907. The van der Waals surface area contributed by atoms with Crippen molar-refractivity contribution in [2.45, 2.75) is 10.6 Å². The van der Waals surface area contributed by atoms with Crippen LogP contribution in [0.5, 0.6) is 0 Å². The van der Waals surface area contributed by atoms with E-state index in [-0.39, 0.29) is 21.5 Å². The quantitative estimate of drug-likeness (QED) is 0.371. The number of aromatic amines is 1. The third kappa shape index (κ3) is 4.01.